The molecule has 3 fully saturated rings. The van der Waals surface area contributed by atoms with E-state index in [2.05, 4.69) is 0 Å². The molecule has 0 aromatic rings. The highest BCUT2D eigenvalue weighted by atomic mass is 16.6. The Morgan fingerprint density at radius 1 is 1.29 bits per heavy atom. The lowest BCUT2D eigenvalue weighted by molar-refractivity contribution is -0.144. The summed E-state index contributed by atoms with van der Waals surface area (Å²) >= 11 is 0. The van der Waals surface area contributed by atoms with Crippen LogP contribution in [0.1, 0.15) is 39.0 Å². The molecule has 0 radical (unpaired) electrons. The third-order valence-corrected chi connectivity index (χ3v) is 5.23. The summed E-state index contributed by atoms with van der Waals surface area (Å²) in [7, 11) is 0. The van der Waals surface area contributed by atoms with E-state index in [1.54, 1.807) is 0 Å². The SMILES string of the molecule is C[C@H]1OC(=O)[C@@H]2CC3CCCCC3[C@H](C=O)[C@H]12. The first-order chi connectivity index (χ1) is 8.22. The summed E-state index contributed by atoms with van der Waals surface area (Å²) in [6.07, 6.45) is 6.87. The van der Waals surface area contributed by atoms with Crippen molar-refractivity contribution in [2.75, 3.05) is 0 Å². The summed E-state index contributed by atoms with van der Waals surface area (Å²) in [5, 5.41) is 0. The van der Waals surface area contributed by atoms with E-state index in [1.165, 1.54) is 19.3 Å². The number of carbonyl (C=O) groups excluding carboxylic acids is 2. The third-order valence-electron chi connectivity index (χ3n) is 5.23. The molecule has 1 heterocycles. The molecule has 94 valence electrons. The minimum absolute atomic E-state index is 0.000417. The first-order valence-corrected chi connectivity index (χ1v) is 6.88. The maximum Gasteiger partial charge on any atom is 0.309 e. The van der Waals surface area contributed by atoms with Crippen LogP contribution in [0.25, 0.3) is 0 Å². The third kappa shape index (κ3) is 1.62. The zero-order chi connectivity index (χ0) is 12.0. The van der Waals surface area contributed by atoms with Gasteiger partial charge < -0.3 is 9.53 Å². The fourth-order valence-corrected chi connectivity index (χ4v) is 4.51. The molecule has 3 aliphatic rings. The molecule has 0 bridgehead atoms. The second-order valence-corrected chi connectivity index (χ2v) is 5.98. The van der Waals surface area contributed by atoms with E-state index >= 15 is 0 Å². The number of cyclic esters (lactones) is 1. The lowest BCUT2D eigenvalue weighted by atomic mass is 9.58. The van der Waals surface area contributed by atoms with Gasteiger partial charge in [0.25, 0.3) is 0 Å². The molecule has 1 aliphatic heterocycles. The monoisotopic (exact) mass is 236 g/mol. The van der Waals surface area contributed by atoms with Gasteiger partial charge in [0.1, 0.15) is 12.4 Å². The van der Waals surface area contributed by atoms with E-state index in [9.17, 15) is 9.59 Å². The van der Waals surface area contributed by atoms with Gasteiger partial charge in [-0.05, 0) is 31.6 Å². The maximum absolute atomic E-state index is 11.8. The molecule has 0 aromatic heterocycles. The summed E-state index contributed by atoms with van der Waals surface area (Å²) in [5.41, 5.74) is 0. The lowest BCUT2D eigenvalue weighted by Gasteiger charge is -2.44. The number of hydrogen-bond donors (Lipinski definition) is 0. The molecule has 17 heavy (non-hydrogen) atoms. The second kappa shape index (κ2) is 4.11. The smallest absolute Gasteiger partial charge is 0.309 e. The number of aldehydes is 1. The number of ether oxygens (including phenoxy) is 1. The van der Waals surface area contributed by atoms with Gasteiger partial charge in [-0.15, -0.1) is 0 Å². The van der Waals surface area contributed by atoms with E-state index in [-0.39, 0.29) is 29.8 Å². The van der Waals surface area contributed by atoms with E-state index < -0.39 is 0 Å². The molecule has 6 atom stereocenters. The average molecular weight is 236 g/mol. The zero-order valence-electron chi connectivity index (χ0n) is 10.3. The van der Waals surface area contributed by atoms with Gasteiger partial charge in [-0.25, -0.2) is 0 Å². The molecular formula is C14H20O3. The van der Waals surface area contributed by atoms with Gasteiger partial charge in [-0.2, -0.15) is 0 Å². The molecule has 2 saturated carbocycles. The van der Waals surface area contributed by atoms with Crippen LogP contribution in [0, 0.1) is 29.6 Å². The highest BCUT2D eigenvalue weighted by Crippen LogP contribution is 2.52. The van der Waals surface area contributed by atoms with Crippen molar-refractivity contribution in [1.29, 1.82) is 0 Å². The summed E-state index contributed by atoms with van der Waals surface area (Å²) in [6.45, 7) is 1.95. The Balaban J connectivity index is 1.90. The molecule has 3 heteroatoms. The second-order valence-electron chi connectivity index (χ2n) is 5.98. The Hall–Kier alpha value is -0.860. The van der Waals surface area contributed by atoms with Gasteiger partial charge in [0.15, 0.2) is 0 Å². The van der Waals surface area contributed by atoms with Gasteiger partial charge in [-0.3, -0.25) is 4.79 Å². The van der Waals surface area contributed by atoms with Crippen molar-refractivity contribution in [3.05, 3.63) is 0 Å². The minimum atomic E-state index is -0.0643. The van der Waals surface area contributed by atoms with Crippen molar-refractivity contribution in [2.24, 2.45) is 29.6 Å². The van der Waals surface area contributed by atoms with Crippen LogP contribution in [0.5, 0.6) is 0 Å². The van der Waals surface area contributed by atoms with Crippen LogP contribution in [0.15, 0.2) is 0 Å². The van der Waals surface area contributed by atoms with Crippen LogP contribution >= 0.6 is 0 Å². The predicted octanol–water partition coefficient (Wildman–Crippen LogP) is 2.19. The van der Waals surface area contributed by atoms with Gasteiger partial charge in [0, 0.05) is 11.8 Å². The highest BCUT2D eigenvalue weighted by molar-refractivity contribution is 5.76. The lowest BCUT2D eigenvalue weighted by Crippen LogP contribution is -2.44. The van der Waals surface area contributed by atoms with Crippen molar-refractivity contribution in [1.82, 2.24) is 0 Å². The Morgan fingerprint density at radius 2 is 2.06 bits per heavy atom. The number of esters is 1. The van der Waals surface area contributed by atoms with Crippen LogP contribution in [-0.4, -0.2) is 18.4 Å². The normalized spacial score (nSPS) is 49.1. The Morgan fingerprint density at radius 3 is 2.82 bits per heavy atom. The quantitative estimate of drug-likeness (QED) is 0.518. The van der Waals surface area contributed by atoms with Crippen LogP contribution in [-0.2, 0) is 14.3 Å². The van der Waals surface area contributed by atoms with Gasteiger partial charge in [0.2, 0.25) is 0 Å². The van der Waals surface area contributed by atoms with E-state index in [1.807, 2.05) is 6.92 Å². The molecule has 3 rings (SSSR count). The molecule has 0 aromatic carbocycles. The van der Waals surface area contributed by atoms with Gasteiger partial charge in [0.05, 0.1) is 5.92 Å². The fourth-order valence-electron chi connectivity index (χ4n) is 4.51. The van der Waals surface area contributed by atoms with Crippen LogP contribution < -0.4 is 0 Å². The largest absolute Gasteiger partial charge is 0.462 e. The fraction of sp³-hybridized carbons (Fsp3) is 0.857. The Bertz CT molecular complexity index is 338. The summed E-state index contributed by atoms with van der Waals surface area (Å²) in [5.74, 6) is 1.25. The topological polar surface area (TPSA) is 43.4 Å². The first-order valence-electron chi connectivity index (χ1n) is 6.88. The van der Waals surface area contributed by atoms with Crippen LogP contribution in [0.4, 0.5) is 0 Å². The van der Waals surface area contributed by atoms with Crippen molar-refractivity contribution in [3.63, 3.8) is 0 Å². The van der Waals surface area contributed by atoms with Gasteiger partial charge in [-0.1, -0.05) is 19.3 Å². The molecule has 2 aliphatic carbocycles. The Kier molecular flexibility index (Phi) is 2.72. The minimum Gasteiger partial charge on any atom is -0.462 e. The molecule has 0 N–H and O–H groups in total. The molecule has 3 nitrogen and oxygen atoms in total. The van der Waals surface area contributed by atoms with Crippen LogP contribution in [0.3, 0.4) is 0 Å². The van der Waals surface area contributed by atoms with E-state index in [4.69, 9.17) is 4.74 Å². The first kappa shape index (κ1) is 11.2. The van der Waals surface area contributed by atoms with Crippen molar-refractivity contribution >= 4 is 12.3 Å². The molecule has 0 amide bonds. The molecule has 1 saturated heterocycles. The van der Waals surface area contributed by atoms with Crippen LogP contribution in [0.2, 0.25) is 0 Å². The number of carbonyl (C=O) groups is 2. The molecular weight excluding hydrogens is 216 g/mol. The van der Waals surface area contributed by atoms with E-state index in [0.29, 0.717) is 11.8 Å². The predicted molar refractivity (Wildman–Crippen MR) is 62.2 cm³/mol. The standard InChI is InChI=1S/C14H20O3/c1-8-13-11(14(16)17-8)6-9-4-2-3-5-10(9)12(13)7-15/h7-13H,2-6H2,1H3/t8-,9?,10?,11-,12+,13-/m1/s1. The molecule has 2 unspecified atom stereocenters. The average Bonchev–Trinajstić information content (AvgIpc) is 2.62. The van der Waals surface area contributed by atoms with Gasteiger partial charge >= 0.3 is 5.97 Å². The number of rotatable bonds is 1. The van der Waals surface area contributed by atoms with Crippen molar-refractivity contribution in [3.8, 4) is 0 Å². The summed E-state index contributed by atoms with van der Waals surface area (Å²) < 4.78 is 5.35. The number of hydrogen-bond acceptors (Lipinski definition) is 3. The summed E-state index contributed by atoms with van der Waals surface area (Å²) in [4.78, 5) is 23.3. The molecule has 0 spiro atoms. The Labute approximate surface area is 102 Å². The number of fused-ring (bicyclic) bond motifs is 2. The van der Waals surface area contributed by atoms with Crippen molar-refractivity contribution < 1.29 is 14.3 Å². The van der Waals surface area contributed by atoms with E-state index in [0.717, 1.165) is 19.1 Å². The zero-order valence-corrected chi connectivity index (χ0v) is 10.3. The maximum atomic E-state index is 11.8. The summed E-state index contributed by atoms with van der Waals surface area (Å²) in [6, 6.07) is 0. The van der Waals surface area contributed by atoms with Crippen molar-refractivity contribution in [2.45, 2.75) is 45.1 Å². The highest BCUT2D eigenvalue weighted by Gasteiger charge is 2.54.